The fourth-order valence-electron chi connectivity index (χ4n) is 0.801. The van der Waals surface area contributed by atoms with E-state index in [-0.39, 0.29) is 10.0 Å². The smallest absolute Gasteiger partial charge is 0.337 e. The molecule has 0 radical (unpaired) electrons. The summed E-state index contributed by atoms with van der Waals surface area (Å²) in [6, 6.07) is 2.19. The van der Waals surface area contributed by atoms with Crippen LogP contribution in [0.1, 0.15) is 24.2 Å². The van der Waals surface area contributed by atoms with Crippen molar-refractivity contribution in [3.05, 3.63) is 28.0 Å². The largest absolute Gasteiger partial charge is 0.504 e. The Balaban J connectivity index is 0.000000921. The maximum atomic E-state index is 12.8. The van der Waals surface area contributed by atoms with E-state index < -0.39 is 17.5 Å². The molecule has 0 saturated carbocycles. The van der Waals surface area contributed by atoms with Crippen molar-refractivity contribution in [1.82, 2.24) is 0 Å². The van der Waals surface area contributed by atoms with Crippen molar-refractivity contribution < 1.29 is 19.0 Å². The Morgan fingerprint density at radius 1 is 1.47 bits per heavy atom. The first-order valence-corrected chi connectivity index (χ1v) is 5.12. The first-order valence-electron chi connectivity index (χ1n) is 4.32. The molecular formula is C10H12BrFO3. The molecular weight excluding hydrogens is 267 g/mol. The Hall–Kier alpha value is -1.10. The normalized spacial score (nSPS) is 8.87. The number of methoxy groups -OCH3 is 1. The van der Waals surface area contributed by atoms with Crippen molar-refractivity contribution >= 4 is 21.9 Å². The van der Waals surface area contributed by atoms with Gasteiger partial charge in [0.05, 0.1) is 17.1 Å². The lowest BCUT2D eigenvalue weighted by molar-refractivity contribution is 0.0600. The number of aromatic hydroxyl groups is 1. The molecule has 0 unspecified atom stereocenters. The standard InChI is InChI=1S/C8H6BrFO3.C2H6/c1-13-8(12)4-2-5(9)7(11)6(10)3-4;1-2/h2-3,11H,1H3;1-2H3. The summed E-state index contributed by atoms with van der Waals surface area (Å²) in [6.07, 6.45) is 0. The maximum Gasteiger partial charge on any atom is 0.337 e. The Morgan fingerprint density at radius 3 is 2.40 bits per heavy atom. The van der Waals surface area contributed by atoms with Crippen LogP contribution in [0, 0.1) is 5.82 Å². The van der Waals surface area contributed by atoms with Gasteiger partial charge in [-0.05, 0) is 28.1 Å². The van der Waals surface area contributed by atoms with E-state index in [1.54, 1.807) is 0 Å². The van der Waals surface area contributed by atoms with Gasteiger partial charge in [-0.25, -0.2) is 9.18 Å². The lowest BCUT2D eigenvalue weighted by Gasteiger charge is -2.02. The molecule has 0 spiro atoms. The van der Waals surface area contributed by atoms with Gasteiger partial charge < -0.3 is 9.84 Å². The zero-order valence-electron chi connectivity index (χ0n) is 8.67. The highest BCUT2D eigenvalue weighted by atomic mass is 79.9. The van der Waals surface area contributed by atoms with E-state index in [0.717, 1.165) is 6.07 Å². The van der Waals surface area contributed by atoms with E-state index in [1.165, 1.54) is 13.2 Å². The van der Waals surface area contributed by atoms with E-state index >= 15 is 0 Å². The minimum Gasteiger partial charge on any atom is -0.504 e. The van der Waals surface area contributed by atoms with Crippen LogP contribution in [0.4, 0.5) is 4.39 Å². The number of carbonyl (C=O) groups is 1. The average Bonchev–Trinajstić information content (AvgIpc) is 2.26. The second-order valence-electron chi connectivity index (χ2n) is 2.28. The Bertz CT molecular complexity index is 330. The molecule has 1 aromatic rings. The van der Waals surface area contributed by atoms with Crippen LogP contribution in [0.5, 0.6) is 5.75 Å². The molecule has 0 heterocycles. The Kier molecular flexibility index (Phi) is 5.93. The van der Waals surface area contributed by atoms with Gasteiger partial charge in [0.1, 0.15) is 0 Å². The highest BCUT2D eigenvalue weighted by molar-refractivity contribution is 9.10. The highest BCUT2D eigenvalue weighted by Crippen LogP contribution is 2.28. The predicted octanol–water partition coefficient (Wildman–Crippen LogP) is 3.11. The molecule has 1 N–H and O–H groups in total. The minimum atomic E-state index is -0.866. The summed E-state index contributed by atoms with van der Waals surface area (Å²) in [7, 11) is 1.20. The number of phenolic OH excluding ortho intramolecular Hbond substituents is 1. The fraction of sp³-hybridized carbons (Fsp3) is 0.300. The van der Waals surface area contributed by atoms with Gasteiger partial charge in [0, 0.05) is 0 Å². The molecule has 0 aromatic heterocycles. The highest BCUT2D eigenvalue weighted by Gasteiger charge is 2.12. The van der Waals surface area contributed by atoms with Gasteiger partial charge in [-0.3, -0.25) is 0 Å². The minimum absolute atomic E-state index is 0.0460. The molecule has 0 fully saturated rings. The van der Waals surface area contributed by atoms with E-state index in [1.807, 2.05) is 13.8 Å². The van der Waals surface area contributed by atoms with Crippen LogP contribution in [-0.4, -0.2) is 18.2 Å². The first-order chi connectivity index (χ1) is 7.06. The van der Waals surface area contributed by atoms with Crippen molar-refractivity contribution in [3.8, 4) is 5.75 Å². The van der Waals surface area contributed by atoms with Crippen molar-refractivity contribution in [2.24, 2.45) is 0 Å². The molecule has 5 heteroatoms. The van der Waals surface area contributed by atoms with Crippen LogP contribution in [0.25, 0.3) is 0 Å². The van der Waals surface area contributed by atoms with Crippen molar-refractivity contribution in [2.75, 3.05) is 7.11 Å². The number of halogens is 2. The SMILES string of the molecule is CC.COC(=O)c1cc(F)c(O)c(Br)c1. The number of ether oxygens (including phenoxy) is 1. The molecule has 1 rings (SSSR count). The number of carbonyl (C=O) groups excluding carboxylic acids is 1. The maximum absolute atomic E-state index is 12.8. The van der Waals surface area contributed by atoms with Crippen LogP contribution in [-0.2, 0) is 4.74 Å². The van der Waals surface area contributed by atoms with Crippen LogP contribution < -0.4 is 0 Å². The molecule has 0 bridgehead atoms. The Labute approximate surface area is 96.0 Å². The number of esters is 1. The summed E-state index contributed by atoms with van der Waals surface area (Å²) in [5, 5.41) is 9.01. The molecule has 84 valence electrons. The van der Waals surface area contributed by atoms with E-state index in [4.69, 9.17) is 5.11 Å². The van der Waals surface area contributed by atoms with Gasteiger partial charge in [-0.1, -0.05) is 13.8 Å². The summed E-state index contributed by atoms with van der Waals surface area (Å²) in [5.74, 6) is -2.04. The first kappa shape index (κ1) is 13.9. The van der Waals surface area contributed by atoms with Crippen molar-refractivity contribution in [1.29, 1.82) is 0 Å². The quantitative estimate of drug-likeness (QED) is 0.803. The lowest BCUT2D eigenvalue weighted by Crippen LogP contribution is -2.01. The van der Waals surface area contributed by atoms with E-state index in [0.29, 0.717) is 0 Å². The number of hydrogen-bond donors (Lipinski definition) is 1. The summed E-state index contributed by atoms with van der Waals surface area (Å²) in [4.78, 5) is 10.9. The van der Waals surface area contributed by atoms with Crippen LogP contribution >= 0.6 is 15.9 Å². The van der Waals surface area contributed by atoms with Crippen molar-refractivity contribution in [3.63, 3.8) is 0 Å². The van der Waals surface area contributed by atoms with Gasteiger partial charge in [0.25, 0.3) is 0 Å². The summed E-state index contributed by atoms with van der Waals surface area (Å²) < 4.78 is 17.3. The molecule has 15 heavy (non-hydrogen) atoms. The van der Waals surface area contributed by atoms with Crippen LogP contribution in [0.3, 0.4) is 0 Å². The summed E-state index contributed by atoms with van der Waals surface area (Å²) in [6.45, 7) is 4.00. The third-order valence-corrected chi connectivity index (χ3v) is 2.04. The van der Waals surface area contributed by atoms with Gasteiger partial charge >= 0.3 is 5.97 Å². The lowest BCUT2D eigenvalue weighted by atomic mass is 10.2. The van der Waals surface area contributed by atoms with E-state index in [2.05, 4.69) is 20.7 Å². The van der Waals surface area contributed by atoms with Gasteiger partial charge in [-0.15, -0.1) is 0 Å². The number of rotatable bonds is 1. The third-order valence-electron chi connectivity index (χ3n) is 1.44. The average molecular weight is 279 g/mol. The van der Waals surface area contributed by atoms with Gasteiger partial charge in [-0.2, -0.15) is 0 Å². The molecule has 0 atom stereocenters. The molecule has 1 aromatic carbocycles. The molecule has 0 aliphatic heterocycles. The molecule has 0 aliphatic carbocycles. The molecule has 0 aliphatic rings. The fourth-order valence-corrected chi connectivity index (χ4v) is 1.24. The second-order valence-corrected chi connectivity index (χ2v) is 3.13. The zero-order chi connectivity index (χ0) is 12.0. The molecule has 3 nitrogen and oxygen atoms in total. The predicted molar refractivity (Wildman–Crippen MR) is 58.5 cm³/mol. The van der Waals surface area contributed by atoms with Crippen LogP contribution in [0.15, 0.2) is 16.6 Å². The number of benzene rings is 1. The number of hydrogen-bond acceptors (Lipinski definition) is 3. The third kappa shape index (κ3) is 3.51. The topological polar surface area (TPSA) is 46.5 Å². The van der Waals surface area contributed by atoms with Gasteiger partial charge in [0.2, 0.25) is 0 Å². The van der Waals surface area contributed by atoms with Gasteiger partial charge in [0.15, 0.2) is 11.6 Å². The Morgan fingerprint density at radius 2 is 2.00 bits per heavy atom. The number of phenols is 1. The molecule has 0 amide bonds. The van der Waals surface area contributed by atoms with E-state index in [9.17, 15) is 9.18 Å². The van der Waals surface area contributed by atoms with Crippen molar-refractivity contribution in [2.45, 2.75) is 13.8 Å². The monoisotopic (exact) mass is 278 g/mol. The zero-order valence-corrected chi connectivity index (χ0v) is 10.3. The molecule has 0 saturated heterocycles. The summed E-state index contributed by atoms with van der Waals surface area (Å²) >= 11 is 2.90. The summed E-state index contributed by atoms with van der Waals surface area (Å²) in [5.41, 5.74) is 0.0460. The van der Waals surface area contributed by atoms with Crippen LogP contribution in [0.2, 0.25) is 0 Å². The second kappa shape index (κ2) is 6.40.